The zero-order valence-electron chi connectivity index (χ0n) is 12.4. The minimum Gasteiger partial charge on any atom is -0.384 e. The maximum absolute atomic E-state index is 9.71. The highest BCUT2D eigenvalue weighted by Crippen LogP contribution is 2.26. The van der Waals surface area contributed by atoms with Gasteiger partial charge in [0.05, 0.1) is 12.7 Å². The third kappa shape index (κ3) is 5.16. The van der Waals surface area contributed by atoms with Crippen molar-refractivity contribution in [1.29, 1.82) is 5.26 Å². The van der Waals surface area contributed by atoms with E-state index in [1.165, 1.54) is 0 Å². The molecule has 4 heteroatoms. The average molecular weight is 292 g/mol. The van der Waals surface area contributed by atoms with E-state index in [1.807, 2.05) is 42.1 Å². The van der Waals surface area contributed by atoms with Crippen molar-refractivity contribution in [3.8, 4) is 6.07 Å². The number of nitrogens with one attached hydrogen (secondary N) is 1. The average Bonchev–Trinajstić information content (AvgIpc) is 2.51. The van der Waals surface area contributed by atoms with Crippen LogP contribution in [0.2, 0.25) is 0 Å². The van der Waals surface area contributed by atoms with Gasteiger partial charge in [-0.3, -0.25) is 5.32 Å². The van der Waals surface area contributed by atoms with E-state index in [0.717, 1.165) is 43.1 Å². The predicted octanol–water partition coefficient (Wildman–Crippen LogP) is 3.17. The zero-order valence-corrected chi connectivity index (χ0v) is 13.2. The molecule has 0 fully saturated rings. The molecule has 0 amide bonds. The summed E-state index contributed by atoms with van der Waals surface area (Å²) in [5.74, 6) is 1.92. The highest BCUT2D eigenvalue weighted by atomic mass is 32.2. The first-order chi connectivity index (χ1) is 9.79. The molecule has 0 radical (unpaired) electrons. The monoisotopic (exact) mass is 292 g/mol. The maximum Gasteiger partial charge on any atom is 0.133 e. The second-order valence-corrected chi connectivity index (χ2v) is 5.89. The lowest BCUT2D eigenvalue weighted by molar-refractivity contribution is 0.218. The molecule has 0 aliphatic rings. The summed E-state index contributed by atoms with van der Waals surface area (Å²) in [7, 11) is 1.72. The number of benzene rings is 1. The highest BCUT2D eigenvalue weighted by molar-refractivity contribution is 7.99. The van der Waals surface area contributed by atoms with E-state index in [9.17, 15) is 5.26 Å². The SMILES string of the molecule is CCCNC(C#N)(CCSCCOC)c1ccccc1. The number of thioether (sulfide) groups is 1. The standard InChI is InChI=1S/C16H24N2OS/c1-3-10-18-16(14-17,9-12-20-13-11-19-2)15-7-5-4-6-8-15/h4-8,18H,3,9-13H2,1-2H3. The molecule has 1 atom stereocenters. The quantitative estimate of drug-likeness (QED) is 0.673. The number of rotatable bonds is 10. The van der Waals surface area contributed by atoms with Gasteiger partial charge in [-0.05, 0) is 30.7 Å². The lowest BCUT2D eigenvalue weighted by Crippen LogP contribution is -2.42. The van der Waals surface area contributed by atoms with Gasteiger partial charge < -0.3 is 4.74 Å². The minimum atomic E-state index is -0.572. The lowest BCUT2D eigenvalue weighted by Gasteiger charge is -2.28. The molecule has 0 aromatic heterocycles. The van der Waals surface area contributed by atoms with Crippen LogP contribution in [0.3, 0.4) is 0 Å². The summed E-state index contributed by atoms with van der Waals surface area (Å²) in [4.78, 5) is 0. The molecule has 1 aromatic rings. The van der Waals surface area contributed by atoms with Gasteiger partial charge in [-0.1, -0.05) is 37.3 Å². The third-order valence-corrected chi connectivity index (χ3v) is 4.14. The Kier molecular flexibility index (Phi) is 8.36. The summed E-state index contributed by atoms with van der Waals surface area (Å²) in [5, 5.41) is 13.1. The van der Waals surface area contributed by atoms with Crippen LogP contribution in [-0.2, 0) is 10.3 Å². The van der Waals surface area contributed by atoms with Crippen LogP contribution in [0.5, 0.6) is 0 Å². The molecule has 0 aliphatic carbocycles. The van der Waals surface area contributed by atoms with Crippen molar-refractivity contribution in [2.45, 2.75) is 25.3 Å². The molecule has 1 aromatic carbocycles. The van der Waals surface area contributed by atoms with Crippen LogP contribution < -0.4 is 5.32 Å². The summed E-state index contributed by atoms with van der Waals surface area (Å²) in [6, 6.07) is 12.5. The van der Waals surface area contributed by atoms with Gasteiger partial charge in [-0.15, -0.1) is 0 Å². The van der Waals surface area contributed by atoms with Crippen LogP contribution in [0.1, 0.15) is 25.3 Å². The molecule has 20 heavy (non-hydrogen) atoms. The number of methoxy groups -OCH3 is 1. The van der Waals surface area contributed by atoms with Crippen molar-refractivity contribution < 1.29 is 4.74 Å². The lowest BCUT2D eigenvalue weighted by atomic mass is 9.88. The normalized spacial score (nSPS) is 13.7. The Bertz CT molecular complexity index is 405. The van der Waals surface area contributed by atoms with Crippen LogP contribution in [0.25, 0.3) is 0 Å². The fraction of sp³-hybridized carbons (Fsp3) is 0.562. The molecule has 0 saturated carbocycles. The number of nitriles is 1. The fourth-order valence-corrected chi connectivity index (χ4v) is 2.96. The second-order valence-electron chi connectivity index (χ2n) is 4.67. The van der Waals surface area contributed by atoms with Crippen LogP contribution >= 0.6 is 11.8 Å². The van der Waals surface area contributed by atoms with E-state index in [-0.39, 0.29) is 0 Å². The van der Waals surface area contributed by atoms with Crippen molar-refractivity contribution in [2.24, 2.45) is 0 Å². The van der Waals surface area contributed by atoms with Crippen LogP contribution in [0, 0.1) is 11.3 Å². The van der Waals surface area contributed by atoms with Gasteiger partial charge >= 0.3 is 0 Å². The molecular formula is C16H24N2OS. The zero-order chi connectivity index (χ0) is 14.7. The van der Waals surface area contributed by atoms with Crippen molar-refractivity contribution in [3.63, 3.8) is 0 Å². The van der Waals surface area contributed by atoms with E-state index in [4.69, 9.17) is 4.74 Å². The Hall–Kier alpha value is -1.02. The Labute approximate surface area is 126 Å². The smallest absolute Gasteiger partial charge is 0.133 e. The summed E-state index contributed by atoms with van der Waals surface area (Å²) < 4.78 is 5.05. The molecule has 0 saturated heterocycles. The van der Waals surface area contributed by atoms with Gasteiger partial charge in [-0.2, -0.15) is 17.0 Å². The minimum absolute atomic E-state index is 0.572. The van der Waals surface area contributed by atoms with Gasteiger partial charge in [0.1, 0.15) is 5.54 Å². The largest absolute Gasteiger partial charge is 0.384 e. The second kappa shape index (κ2) is 9.82. The molecule has 1 unspecified atom stereocenters. The predicted molar refractivity (Wildman–Crippen MR) is 85.8 cm³/mol. The molecule has 1 N–H and O–H groups in total. The summed E-state index contributed by atoms with van der Waals surface area (Å²) in [6.07, 6.45) is 1.83. The van der Waals surface area contributed by atoms with Gasteiger partial charge in [0.25, 0.3) is 0 Å². The Morgan fingerprint density at radius 1 is 1.30 bits per heavy atom. The third-order valence-electron chi connectivity index (χ3n) is 3.19. The number of nitrogens with zero attached hydrogens (tertiary/aromatic N) is 1. The van der Waals surface area contributed by atoms with E-state index in [1.54, 1.807) is 7.11 Å². The molecule has 3 nitrogen and oxygen atoms in total. The van der Waals surface area contributed by atoms with Gasteiger partial charge in [0, 0.05) is 12.9 Å². The maximum atomic E-state index is 9.71. The number of ether oxygens (including phenoxy) is 1. The van der Waals surface area contributed by atoms with E-state index >= 15 is 0 Å². The molecule has 0 aliphatic heterocycles. The summed E-state index contributed by atoms with van der Waals surface area (Å²) in [6.45, 7) is 3.73. The van der Waals surface area contributed by atoms with Crippen molar-refractivity contribution in [2.75, 3.05) is 31.8 Å². The van der Waals surface area contributed by atoms with Crippen molar-refractivity contribution in [1.82, 2.24) is 5.32 Å². The van der Waals surface area contributed by atoms with Crippen LogP contribution in [0.4, 0.5) is 0 Å². The molecule has 0 bridgehead atoms. The van der Waals surface area contributed by atoms with Crippen LogP contribution in [0.15, 0.2) is 30.3 Å². The summed E-state index contributed by atoms with van der Waals surface area (Å²) >= 11 is 1.83. The molecular weight excluding hydrogens is 268 g/mol. The molecule has 0 heterocycles. The molecule has 0 spiro atoms. The first kappa shape index (κ1) is 17.0. The fourth-order valence-electron chi connectivity index (χ4n) is 2.03. The van der Waals surface area contributed by atoms with E-state index in [2.05, 4.69) is 18.3 Å². The topological polar surface area (TPSA) is 45.0 Å². The van der Waals surface area contributed by atoms with Crippen LogP contribution in [-0.4, -0.2) is 31.8 Å². The Balaban J connectivity index is 2.71. The first-order valence-electron chi connectivity index (χ1n) is 7.07. The highest BCUT2D eigenvalue weighted by Gasteiger charge is 2.30. The Morgan fingerprint density at radius 2 is 2.05 bits per heavy atom. The number of hydrogen-bond donors (Lipinski definition) is 1. The molecule has 110 valence electrons. The Morgan fingerprint density at radius 3 is 2.65 bits per heavy atom. The van der Waals surface area contributed by atoms with E-state index in [0.29, 0.717) is 0 Å². The van der Waals surface area contributed by atoms with Crippen molar-refractivity contribution in [3.05, 3.63) is 35.9 Å². The van der Waals surface area contributed by atoms with Crippen molar-refractivity contribution >= 4 is 11.8 Å². The summed E-state index contributed by atoms with van der Waals surface area (Å²) in [5.41, 5.74) is 0.487. The number of hydrogen-bond acceptors (Lipinski definition) is 4. The van der Waals surface area contributed by atoms with Gasteiger partial charge in [0.15, 0.2) is 0 Å². The van der Waals surface area contributed by atoms with Gasteiger partial charge in [0.2, 0.25) is 0 Å². The molecule has 1 rings (SSSR count). The van der Waals surface area contributed by atoms with E-state index < -0.39 is 5.54 Å². The van der Waals surface area contributed by atoms with Gasteiger partial charge in [-0.25, -0.2) is 0 Å². The first-order valence-corrected chi connectivity index (χ1v) is 8.23.